The fraction of sp³-hybridized carbons (Fsp3) is 0.107. The van der Waals surface area contributed by atoms with Crippen LogP contribution in [-0.2, 0) is 6.61 Å². The minimum atomic E-state index is -0.740. The van der Waals surface area contributed by atoms with E-state index in [-0.39, 0.29) is 16.8 Å². The summed E-state index contributed by atoms with van der Waals surface area (Å²) in [6, 6.07) is 22.5. The third-order valence-electron chi connectivity index (χ3n) is 6.19. The van der Waals surface area contributed by atoms with Crippen molar-refractivity contribution >= 4 is 34.3 Å². The summed E-state index contributed by atoms with van der Waals surface area (Å²) in [5, 5.41) is 5.09. The summed E-state index contributed by atoms with van der Waals surface area (Å²) in [6.07, 6.45) is 0. The molecule has 0 radical (unpaired) electrons. The largest absolute Gasteiger partial charge is 0.489 e. The van der Waals surface area contributed by atoms with E-state index in [1.807, 2.05) is 36.4 Å². The number of carbonyl (C=O) groups is 1. The Kier molecular flexibility index (Phi) is 5.34. The Balaban J connectivity index is 1.42. The first-order chi connectivity index (χ1) is 17.5. The molecule has 0 spiro atoms. The van der Waals surface area contributed by atoms with Crippen molar-refractivity contribution in [3.63, 3.8) is 0 Å². The first-order valence-electron chi connectivity index (χ1n) is 11.3. The van der Waals surface area contributed by atoms with Crippen LogP contribution < -0.4 is 15.1 Å². The summed E-state index contributed by atoms with van der Waals surface area (Å²) in [5.41, 5.74) is 1.94. The summed E-state index contributed by atoms with van der Waals surface area (Å²) >= 11 is 6.23. The van der Waals surface area contributed by atoms with Crippen LogP contribution in [0.3, 0.4) is 0 Å². The van der Waals surface area contributed by atoms with E-state index in [9.17, 15) is 9.59 Å². The molecule has 0 bridgehead atoms. The van der Waals surface area contributed by atoms with Crippen LogP contribution in [0.25, 0.3) is 11.0 Å². The smallest absolute Gasteiger partial charge is 0.296 e. The molecule has 1 aliphatic rings. The molecule has 1 amide bonds. The lowest BCUT2D eigenvalue weighted by Crippen LogP contribution is -2.29. The van der Waals surface area contributed by atoms with Crippen molar-refractivity contribution in [3.8, 4) is 5.75 Å². The molecule has 3 aromatic carbocycles. The van der Waals surface area contributed by atoms with Gasteiger partial charge in [-0.2, -0.15) is 0 Å². The van der Waals surface area contributed by atoms with Crippen LogP contribution in [0.1, 0.15) is 39.0 Å². The Morgan fingerprint density at radius 3 is 2.50 bits per heavy atom. The van der Waals surface area contributed by atoms with Crippen LogP contribution >= 0.6 is 11.6 Å². The summed E-state index contributed by atoms with van der Waals surface area (Å²) in [4.78, 5) is 28.5. The number of aromatic nitrogens is 1. The molecule has 7 nitrogen and oxygen atoms in total. The Morgan fingerprint density at radius 2 is 1.75 bits per heavy atom. The number of fused-ring (bicyclic) bond motifs is 2. The number of para-hydroxylation sites is 1. The lowest BCUT2D eigenvalue weighted by molar-refractivity contribution is 0.0969. The van der Waals surface area contributed by atoms with E-state index >= 15 is 0 Å². The van der Waals surface area contributed by atoms with E-state index in [2.05, 4.69) is 5.16 Å². The molecule has 0 fully saturated rings. The highest BCUT2D eigenvalue weighted by Gasteiger charge is 2.44. The lowest BCUT2D eigenvalue weighted by Gasteiger charge is -2.22. The van der Waals surface area contributed by atoms with Crippen LogP contribution in [0.2, 0.25) is 5.02 Å². The summed E-state index contributed by atoms with van der Waals surface area (Å²) in [6.45, 7) is 2.05. The number of halogens is 1. The molecule has 8 heteroatoms. The number of amides is 1. The molecule has 1 atom stereocenters. The van der Waals surface area contributed by atoms with Gasteiger partial charge in [0.25, 0.3) is 5.91 Å². The Labute approximate surface area is 210 Å². The maximum atomic E-state index is 13.6. The number of carbonyl (C=O) groups excluding carboxylic acids is 1. The van der Waals surface area contributed by atoms with E-state index in [0.29, 0.717) is 45.5 Å². The summed E-state index contributed by atoms with van der Waals surface area (Å²) < 4.78 is 17.1. The minimum Gasteiger partial charge on any atom is -0.489 e. The van der Waals surface area contributed by atoms with E-state index < -0.39 is 11.9 Å². The summed E-state index contributed by atoms with van der Waals surface area (Å²) in [5.74, 6) is 1.02. The van der Waals surface area contributed by atoms with Crippen LogP contribution in [-0.4, -0.2) is 11.1 Å². The third-order valence-corrected chi connectivity index (χ3v) is 6.56. The molecule has 2 aromatic heterocycles. The van der Waals surface area contributed by atoms with E-state index in [0.717, 1.165) is 5.56 Å². The standard InChI is InChI=1S/C28H19ClN2O5/c1-16-14-23(30-36-16)31-25(24-26(32)20-7-3-5-9-22(20)35-27(24)28(31)33)17-10-12-19(13-11-17)34-15-18-6-2-4-8-21(18)29/h2-14,25H,15H2,1H3/t25-/m0/s1. The molecule has 5 aromatic rings. The van der Waals surface area contributed by atoms with Gasteiger partial charge in [-0.1, -0.05) is 59.2 Å². The van der Waals surface area contributed by atoms with Gasteiger partial charge in [-0.3, -0.25) is 14.5 Å². The molecule has 3 heterocycles. The van der Waals surface area contributed by atoms with Crippen molar-refractivity contribution in [1.29, 1.82) is 0 Å². The maximum absolute atomic E-state index is 13.6. The van der Waals surface area contributed by atoms with Gasteiger partial charge in [0.15, 0.2) is 11.2 Å². The molecule has 36 heavy (non-hydrogen) atoms. The molecule has 0 N–H and O–H groups in total. The quantitative estimate of drug-likeness (QED) is 0.292. The second-order valence-corrected chi connectivity index (χ2v) is 8.90. The molecule has 0 saturated carbocycles. The fourth-order valence-electron chi connectivity index (χ4n) is 4.46. The second kappa shape index (κ2) is 8.70. The van der Waals surface area contributed by atoms with Crippen LogP contribution in [0.4, 0.5) is 5.82 Å². The number of rotatable bonds is 5. The predicted octanol–water partition coefficient (Wildman–Crippen LogP) is 6.07. The average molecular weight is 499 g/mol. The summed E-state index contributed by atoms with van der Waals surface area (Å²) in [7, 11) is 0. The Morgan fingerprint density at radius 1 is 1.00 bits per heavy atom. The molecule has 1 aliphatic heterocycles. The van der Waals surface area contributed by atoms with Gasteiger partial charge in [-0.15, -0.1) is 0 Å². The van der Waals surface area contributed by atoms with Gasteiger partial charge in [0.05, 0.1) is 17.0 Å². The van der Waals surface area contributed by atoms with E-state index in [4.69, 9.17) is 25.3 Å². The first-order valence-corrected chi connectivity index (χ1v) is 11.7. The van der Waals surface area contributed by atoms with Crippen molar-refractivity contribution in [2.75, 3.05) is 4.90 Å². The number of benzene rings is 3. The van der Waals surface area contributed by atoms with E-state index in [1.54, 1.807) is 49.4 Å². The van der Waals surface area contributed by atoms with Gasteiger partial charge in [-0.25, -0.2) is 0 Å². The number of aryl methyl sites for hydroxylation is 1. The van der Waals surface area contributed by atoms with Crippen molar-refractivity contribution in [2.45, 2.75) is 19.6 Å². The van der Waals surface area contributed by atoms with Crippen molar-refractivity contribution in [3.05, 3.63) is 122 Å². The van der Waals surface area contributed by atoms with E-state index in [1.165, 1.54) is 4.90 Å². The van der Waals surface area contributed by atoms with Crippen LogP contribution in [0, 0.1) is 6.92 Å². The number of hydrogen-bond acceptors (Lipinski definition) is 6. The van der Waals surface area contributed by atoms with Gasteiger partial charge in [0, 0.05) is 16.7 Å². The molecular weight excluding hydrogens is 480 g/mol. The highest BCUT2D eigenvalue weighted by molar-refractivity contribution is 6.31. The van der Waals surface area contributed by atoms with Gasteiger partial charge >= 0.3 is 0 Å². The molecule has 0 aliphatic carbocycles. The number of ether oxygens (including phenoxy) is 1. The first kappa shape index (κ1) is 22.1. The number of anilines is 1. The van der Waals surface area contributed by atoms with Gasteiger partial charge in [0.1, 0.15) is 23.7 Å². The second-order valence-electron chi connectivity index (χ2n) is 8.49. The number of hydrogen-bond donors (Lipinski definition) is 0. The highest BCUT2D eigenvalue weighted by atomic mass is 35.5. The van der Waals surface area contributed by atoms with Gasteiger partial charge in [-0.05, 0) is 42.8 Å². The SMILES string of the molecule is Cc1cc(N2C(=O)c3oc4ccccc4c(=O)c3[C@@H]2c2ccc(OCc3ccccc3Cl)cc2)no1. The molecule has 0 unspecified atom stereocenters. The Bertz CT molecular complexity index is 1670. The Hall–Kier alpha value is -4.36. The normalized spacial score (nSPS) is 14.9. The number of nitrogens with zero attached hydrogens (tertiary/aromatic N) is 2. The molecule has 0 saturated heterocycles. The molecule has 6 rings (SSSR count). The van der Waals surface area contributed by atoms with Gasteiger partial charge in [0.2, 0.25) is 5.76 Å². The highest BCUT2D eigenvalue weighted by Crippen LogP contribution is 2.41. The fourth-order valence-corrected chi connectivity index (χ4v) is 4.65. The van der Waals surface area contributed by atoms with Crippen molar-refractivity contribution < 1.29 is 18.5 Å². The monoisotopic (exact) mass is 498 g/mol. The van der Waals surface area contributed by atoms with Crippen molar-refractivity contribution in [2.24, 2.45) is 0 Å². The zero-order valence-electron chi connectivity index (χ0n) is 19.1. The molecular formula is C28H19ClN2O5. The molecule has 178 valence electrons. The third kappa shape index (κ3) is 3.65. The zero-order valence-corrected chi connectivity index (χ0v) is 19.9. The van der Waals surface area contributed by atoms with Crippen LogP contribution in [0.15, 0.2) is 92.6 Å². The topological polar surface area (TPSA) is 85.8 Å². The zero-order chi connectivity index (χ0) is 24.8. The van der Waals surface area contributed by atoms with Crippen molar-refractivity contribution in [1.82, 2.24) is 5.16 Å². The average Bonchev–Trinajstić information content (AvgIpc) is 3.45. The van der Waals surface area contributed by atoms with Crippen LogP contribution in [0.5, 0.6) is 5.75 Å². The minimum absolute atomic E-state index is 0.00315. The predicted molar refractivity (Wildman–Crippen MR) is 135 cm³/mol. The van der Waals surface area contributed by atoms with Gasteiger partial charge < -0.3 is 13.7 Å². The maximum Gasteiger partial charge on any atom is 0.296 e. The lowest BCUT2D eigenvalue weighted by atomic mass is 9.98.